The number of hydrogen-bond acceptors (Lipinski definition) is 4. The number of hydrogen-bond donors (Lipinski definition) is 0. The number of methoxy groups -OCH3 is 1. The first-order valence-corrected chi connectivity index (χ1v) is 9.29. The van der Waals surface area contributed by atoms with E-state index in [4.69, 9.17) is 4.74 Å². The lowest BCUT2D eigenvalue weighted by Gasteiger charge is -2.07. The number of fused-ring (bicyclic) bond motifs is 1. The lowest BCUT2D eigenvalue weighted by atomic mass is 10.1. The fourth-order valence-corrected chi connectivity index (χ4v) is 3.91. The van der Waals surface area contributed by atoms with Crippen LogP contribution in [0.4, 0.5) is 0 Å². The van der Waals surface area contributed by atoms with Crippen molar-refractivity contribution < 1.29 is 4.74 Å². The standard InChI is InChI=1S/C21H18N2O2S/c1-25-17-9-7-15(8-10-17)11-12-23-14-22-20-19(21(23)24)18(13-26-20)16-5-3-2-4-6-16/h2-10,13-14H,11-12H2,1H3. The molecule has 0 bridgehead atoms. The van der Waals surface area contributed by atoms with Crippen LogP contribution in [0.25, 0.3) is 21.3 Å². The molecule has 26 heavy (non-hydrogen) atoms. The van der Waals surface area contributed by atoms with Crippen LogP contribution in [-0.4, -0.2) is 16.7 Å². The Bertz CT molecular complexity index is 1080. The third-order valence-corrected chi connectivity index (χ3v) is 5.33. The van der Waals surface area contributed by atoms with Crippen molar-refractivity contribution in [3.63, 3.8) is 0 Å². The quantitative estimate of drug-likeness (QED) is 0.529. The van der Waals surface area contributed by atoms with Gasteiger partial charge in [0.2, 0.25) is 0 Å². The summed E-state index contributed by atoms with van der Waals surface area (Å²) in [5.74, 6) is 0.833. The second-order valence-corrected chi connectivity index (χ2v) is 6.89. The van der Waals surface area contributed by atoms with Gasteiger partial charge in [-0.05, 0) is 29.7 Å². The predicted octanol–water partition coefficient (Wildman–Crippen LogP) is 4.38. The molecule has 0 aliphatic rings. The molecule has 2 heterocycles. The number of nitrogens with zero attached hydrogens (tertiary/aromatic N) is 2. The molecule has 0 radical (unpaired) electrons. The molecule has 0 amide bonds. The Morgan fingerprint density at radius 3 is 2.58 bits per heavy atom. The van der Waals surface area contributed by atoms with E-state index in [1.54, 1.807) is 18.0 Å². The topological polar surface area (TPSA) is 44.1 Å². The third kappa shape index (κ3) is 3.13. The Morgan fingerprint density at radius 2 is 1.85 bits per heavy atom. The van der Waals surface area contributed by atoms with Crippen LogP contribution in [0, 0.1) is 0 Å². The molecule has 0 fully saturated rings. The molecule has 0 aliphatic heterocycles. The van der Waals surface area contributed by atoms with Crippen molar-refractivity contribution in [1.82, 2.24) is 9.55 Å². The van der Waals surface area contributed by atoms with E-state index in [0.29, 0.717) is 11.9 Å². The molecule has 5 heteroatoms. The van der Waals surface area contributed by atoms with Gasteiger partial charge in [0.1, 0.15) is 10.6 Å². The Labute approximate surface area is 155 Å². The minimum absolute atomic E-state index is 0.0172. The maximum absolute atomic E-state index is 13.0. The average molecular weight is 362 g/mol. The molecule has 0 saturated heterocycles. The van der Waals surface area contributed by atoms with Crippen LogP contribution < -0.4 is 10.3 Å². The summed E-state index contributed by atoms with van der Waals surface area (Å²) in [7, 11) is 1.65. The second-order valence-electron chi connectivity index (χ2n) is 6.04. The van der Waals surface area contributed by atoms with Crippen molar-refractivity contribution in [2.75, 3.05) is 7.11 Å². The molecule has 4 rings (SSSR count). The van der Waals surface area contributed by atoms with E-state index in [9.17, 15) is 4.79 Å². The van der Waals surface area contributed by atoms with Crippen LogP contribution in [0.3, 0.4) is 0 Å². The fourth-order valence-electron chi connectivity index (χ4n) is 3.00. The lowest BCUT2D eigenvalue weighted by molar-refractivity contribution is 0.414. The summed E-state index contributed by atoms with van der Waals surface area (Å²) in [5.41, 5.74) is 3.18. The zero-order chi connectivity index (χ0) is 17.9. The summed E-state index contributed by atoms with van der Waals surface area (Å²) >= 11 is 1.51. The number of benzene rings is 2. The summed E-state index contributed by atoms with van der Waals surface area (Å²) in [6, 6.07) is 17.9. The van der Waals surface area contributed by atoms with Gasteiger partial charge in [0.05, 0.1) is 18.8 Å². The van der Waals surface area contributed by atoms with Crippen LogP contribution in [0.2, 0.25) is 0 Å². The highest BCUT2D eigenvalue weighted by molar-refractivity contribution is 7.17. The third-order valence-electron chi connectivity index (χ3n) is 4.45. The Hall–Kier alpha value is -2.92. The fraction of sp³-hybridized carbons (Fsp3) is 0.143. The van der Waals surface area contributed by atoms with Crippen LogP contribution in [0.15, 0.2) is 71.1 Å². The summed E-state index contributed by atoms with van der Waals surface area (Å²) in [6.07, 6.45) is 2.42. The second kappa shape index (κ2) is 7.14. The molecule has 4 nitrogen and oxygen atoms in total. The van der Waals surface area contributed by atoms with Gasteiger partial charge in [0, 0.05) is 17.5 Å². The van der Waals surface area contributed by atoms with Crippen molar-refractivity contribution in [3.8, 4) is 16.9 Å². The van der Waals surface area contributed by atoms with E-state index in [0.717, 1.165) is 33.7 Å². The lowest BCUT2D eigenvalue weighted by Crippen LogP contribution is -2.21. The maximum Gasteiger partial charge on any atom is 0.262 e. The zero-order valence-electron chi connectivity index (χ0n) is 14.4. The molecule has 2 aromatic heterocycles. The predicted molar refractivity (Wildman–Crippen MR) is 106 cm³/mol. The zero-order valence-corrected chi connectivity index (χ0v) is 15.2. The minimum atomic E-state index is 0.0172. The minimum Gasteiger partial charge on any atom is -0.497 e. The normalized spacial score (nSPS) is 11.0. The first kappa shape index (κ1) is 16.5. The number of rotatable bonds is 5. The molecule has 0 unspecified atom stereocenters. The SMILES string of the molecule is COc1ccc(CCn2cnc3scc(-c4ccccc4)c3c2=O)cc1. The van der Waals surface area contributed by atoms with Crippen molar-refractivity contribution in [1.29, 1.82) is 0 Å². The highest BCUT2D eigenvalue weighted by Crippen LogP contribution is 2.30. The average Bonchev–Trinajstić information content (AvgIpc) is 3.13. The van der Waals surface area contributed by atoms with Gasteiger partial charge in [-0.25, -0.2) is 4.98 Å². The largest absolute Gasteiger partial charge is 0.497 e. The Kier molecular flexibility index (Phi) is 4.54. The number of thiophene rings is 1. The summed E-state index contributed by atoms with van der Waals surface area (Å²) < 4.78 is 6.88. The summed E-state index contributed by atoms with van der Waals surface area (Å²) in [5, 5.41) is 2.72. The van der Waals surface area contributed by atoms with E-state index < -0.39 is 0 Å². The Balaban J connectivity index is 1.65. The van der Waals surface area contributed by atoms with Crippen molar-refractivity contribution in [3.05, 3.63) is 82.2 Å². The highest BCUT2D eigenvalue weighted by Gasteiger charge is 2.13. The maximum atomic E-state index is 13.0. The van der Waals surface area contributed by atoms with E-state index in [1.165, 1.54) is 11.3 Å². The summed E-state index contributed by atoms with van der Waals surface area (Å²) in [6.45, 7) is 0.595. The molecule has 4 aromatic rings. The Morgan fingerprint density at radius 1 is 1.08 bits per heavy atom. The van der Waals surface area contributed by atoms with Gasteiger partial charge in [0.25, 0.3) is 5.56 Å². The molecule has 0 N–H and O–H groups in total. The van der Waals surface area contributed by atoms with Gasteiger partial charge >= 0.3 is 0 Å². The first-order chi connectivity index (χ1) is 12.8. The van der Waals surface area contributed by atoms with Gasteiger partial charge in [-0.1, -0.05) is 42.5 Å². The van der Waals surface area contributed by atoms with Gasteiger partial charge in [0.15, 0.2) is 0 Å². The van der Waals surface area contributed by atoms with Crippen LogP contribution >= 0.6 is 11.3 Å². The van der Waals surface area contributed by atoms with Gasteiger partial charge in [-0.3, -0.25) is 9.36 Å². The van der Waals surface area contributed by atoms with Gasteiger partial charge in [-0.2, -0.15) is 0 Å². The monoisotopic (exact) mass is 362 g/mol. The van der Waals surface area contributed by atoms with Crippen LogP contribution in [-0.2, 0) is 13.0 Å². The number of aromatic nitrogens is 2. The molecule has 0 aliphatic carbocycles. The molecule has 0 spiro atoms. The van der Waals surface area contributed by atoms with E-state index in [-0.39, 0.29) is 5.56 Å². The van der Waals surface area contributed by atoms with Crippen molar-refractivity contribution in [2.45, 2.75) is 13.0 Å². The molecular weight excluding hydrogens is 344 g/mol. The molecule has 130 valence electrons. The van der Waals surface area contributed by atoms with Crippen molar-refractivity contribution in [2.24, 2.45) is 0 Å². The number of aryl methyl sites for hydroxylation is 2. The van der Waals surface area contributed by atoms with Gasteiger partial charge < -0.3 is 4.74 Å². The smallest absolute Gasteiger partial charge is 0.262 e. The van der Waals surface area contributed by atoms with Crippen LogP contribution in [0.5, 0.6) is 5.75 Å². The van der Waals surface area contributed by atoms with E-state index in [1.807, 2.05) is 60.0 Å². The highest BCUT2D eigenvalue weighted by atomic mass is 32.1. The van der Waals surface area contributed by atoms with Crippen molar-refractivity contribution >= 4 is 21.6 Å². The molecule has 0 saturated carbocycles. The molecular formula is C21H18N2O2S. The van der Waals surface area contributed by atoms with Gasteiger partial charge in [-0.15, -0.1) is 11.3 Å². The summed E-state index contributed by atoms with van der Waals surface area (Å²) in [4.78, 5) is 18.3. The van der Waals surface area contributed by atoms with E-state index in [2.05, 4.69) is 4.98 Å². The molecule has 0 atom stereocenters. The first-order valence-electron chi connectivity index (χ1n) is 8.41. The molecule has 2 aromatic carbocycles. The van der Waals surface area contributed by atoms with Crippen LogP contribution in [0.1, 0.15) is 5.56 Å². The van der Waals surface area contributed by atoms with E-state index >= 15 is 0 Å². The number of ether oxygens (including phenoxy) is 1.